The monoisotopic (exact) mass is 808 g/mol. The van der Waals surface area contributed by atoms with Crippen LogP contribution in [0.2, 0.25) is 5.04 Å². The summed E-state index contributed by atoms with van der Waals surface area (Å²) in [6, 6.07) is 33.8. The van der Waals surface area contributed by atoms with Crippen molar-refractivity contribution in [3.05, 3.63) is 142 Å². The van der Waals surface area contributed by atoms with Crippen molar-refractivity contribution in [2.24, 2.45) is 0 Å². The van der Waals surface area contributed by atoms with Crippen LogP contribution in [0.25, 0.3) is 10.8 Å². The Kier molecular flexibility index (Phi) is 11.5. The molecule has 16 heteroatoms. The summed E-state index contributed by atoms with van der Waals surface area (Å²) in [7, 11) is -11.8. The molecule has 1 aliphatic heterocycles. The van der Waals surface area contributed by atoms with E-state index in [1.165, 1.54) is 0 Å². The number of nitrogens with one attached hydrogen (secondary N) is 1. The van der Waals surface area contributed by atoms with Crippen LogP contribution in [-0.4, -0.2) is 78.2 Å². The number of H-pyrrole nitrogens is 1. The summed E-state index contributed by atoms with van der Waals surface area (Å²) < 4.78 is 84.2. The molecule has 1 aliphatic rings. The first-order chi connectivity index (χ1) is 25.9. The molecule has 1 aromatic heterocycles. The third kappa shape index (κ3) is 8.92. The standard InChI is InChI=1S/C39H44N2O11S2Si/c1-38(2,3)55(31-16-8-6-9-17-31,32-18-10-7-11-19-32)50-27-39(26-49-53(4,44)45)35(48-25-28-20-21-29-14-12-13-15-30(29)24-28)34(52-54(5,46)47)36(51-39)41-23-22-33(42)40-37(41)43/h6-24,34-36H,25-27H2,1-5H3,(H,40,42,43)/t34-,35+,36-,39-/m1/s1. The first-order valence-corrected chi connectivity index (χ1v) is 23.0. The summed E-state index contributed by atoms with van der Waals surface area (Å²) in [5.41, 5.74) is -2.87. The van der Waals surface area contributed by atoms with E-state index in [0.29, 0.717) is 5.56 Å². The molecule has 0 saturated carbocycles. The van der Waals surface area contributed by atoms with Gasteiger partial charge in [0.2, 0.25) is 0 Å². The van der Waals surface area contributed by atoms with E-state index in [-0.39, 0.29) is 6.61 Å². The van der Waals surface area contributed by atoms with Gasteiger partial charge in [-0.3, -0.25) is 22.7 Å². The van der Waals surface area contributed by atoms with Crippen LogP contribution in [-0.2, 0) is 49.1 Å². The molecule has 0 radical (unpaired) electrons. The van der Waals surface area contributed by atoms with Gasteiger partial charge in [-0.05, 0) is 37.8 Å². The minimum absolute atomic E-state index is 0.116. The maximum absolute atomic E-state index is 13.3. The molecule has 0 unspecified atom stereocenters. The quantitative estimate of drug-likeness (QED) is 0.129. The van der Waals surface area contributed by atoms with E-state index in [0.717, 1.165) is 50.5 Å². The van der Waals surface area contributed by atoms with Crippen LogP contribution in [0.3, 0.4) is 0 Å². The Morgan fingerprint density at radius 2 is 1.38 bits per heavy atom. The first-order valence-electron chi connectivity index (χ1n) is 17.5. The molecular weight excluding hydrogens is 765 g/mol. The molecule has 2 heterocycles. The fourth-order valence-corrected chi connectivity index (χ4v) is 12.8. The highest BCUT2D eigenvalue weighted by atomic mass is 32.2. The molecule has 1 fully saturated rings. The molecule has 4 atom stereocenters. The second-order valence-electron chi connectivity index (χ2n) is 14.7. The highest BCUT2D eigenvalue weighted by Crippen LogP contribution is 2.44. The van der Waals surface area contributed by atoms with Gasteiger partial charge in [-0.25, -0.2) is 4.79 Å². The van der Waals surface area contributed by atoms with Gasteiger partial charge < -0.3 is 13.9 Å². The number of benzene rings is 4. The van der Waals surface area contributed by atoms with E-state index in [4.69, 9.17) is 22.3 Å². The Labute approximate surface area is 321 Å². The van der Waals surface area contributed by atoms with Crippen molar-refractivity contribution in [2.75, 3.05) is 25.7 Å². The van der Waals surface area contributed by atoms with Crippen molar-refractivity contribution in [3.8, 4) is 0 Å². The van der Waals surface area contributed by atoms with Crippen molar-refractivity contribution in [1.82, 2.24) is 9.55 Å². The summed E-state index contributed by atoms with van der Waals surface area (Å²) in [4.78, 5) is 27.6. The second kappa shape index (κ2) is 15.7. The Morgan fingerprint density at radius 1 is 0.782 bits per heavy atom. The van der Waals surface area contributed by atoms with E-state index >= 15 is 0 Å². The number of aromatic amines is 1. The van der Waals surface area contributed by atoms with Crippen molar-refractivity contribution >= 4 is 49.7 Å². The van der Waals surface area contributed by atoms with E-state index in [9.17, 15) is 26.4 Å². The summed E-state index contributed by atoms with van der Waals surface area (Å²) in [6.07, 6.45) is -1.78. The van der Waals surface area contributed by atoms with Gasteiger partial charge in [0, 0.05) is 12.3 Å². The van der Waals surface area contributed by atoms with Crippen LogP contribution < -0.4 is 21.6 Å². The predicted molar refractivity (Wildman–Crippen MR) is 211 cm³/mol. The molecular formula is C39H44N2O11S2Si. The zero-order valence-corrected chi connectivity index (χ0v) is 33.7. The second-order valence-corrected chi connectivity index (χ2v) is 22.2. The number of hydrogen-bond acceptors (Lipinski definition) is 11. The van der Waals surface area contributed by atoms with E-state index in [2.05, 4.69) is 25.8 Å². The Bertz CT molecular complexity index is 2430. The van der Waals surface area contributed by atoms with E-state index in [1.807, 2.05) is 103 Å². The van der Waals surface area contributed by atoms with Gasteiger partial charge in [-0.2, -0.15) is 16.8 Å². The molecule has 55 heavy (non-hydrogen) atoms. The lowest BCUT2D eigenvalue weighted by Crippen LogP contribution is -2.68. The average Bonchev–Trinajstić information content (AvgIpc) is 3.41. The molecule has 1 saturated heterocycles. The van der Waals surface area contributed by atoms with Crippen LogP contribution >= 0.6 is 0 Å². The number of fused-ring (bicyclic) bond motifs is 1. The van der Waals surface area contributed by atoms with Gasteiger partial charge in [0.05, 0.1) is 25.7 Å². The average molecular weight is 809 g/mol. The minimum Gasteiger partial charge on any atom is -0.404 e. The molecule has 5 aromatic rings. The number of nitrogens with zero attached hydrogens (tertiary/aromatic N) is 1. The normalized spacial score (nSPS) is 20.9. The molecule has 13 nitrogen and oxygen atoms in total. The minimum atomic E-state index is -4.30. The van der Waals surface area contributed by atoms with Gasteiger partial charge in [0.25, 0.3) is 34.1 Å². The third-order valence-corrected chi connectivity index (χ3v) is 15.7. The van der Waals surface area contributed by atoms with Crippen molar-refractivity contribution in [1.29, 1.82) is 0 Å². The summed E-state index contributed by atoms with van der Waals surface area (Å²) in [5, 5.41) is 3.16. The van der Waals surface area contributed by atoms with E-state index in [1.54, 1.807) is 0 Å². The molecule has 6 rings (SSSR count). The molecule has 0 spiro atoms. The highest BCUT2D eigenvalue weighted by Gasteiger charge is 2.61. The van der Waals surface area contributed by atoms with E-state index < -0.39 is 82.1 Å². The third-order valence-electron chi connectivity index (χ3n) is 9.58. The zero-order valence-electron chi connectivity index (χ0n) is 31.1. The van der Waals surface area contributed by atoms with Crippen molar-refractivity contribution in [3.63, 3.8) is 0 Å². The topological polar surface area (TPSA) is 169 Å². The van der Waals surface area contributed by atoms with Crippen LogP contribution in [0.1, 0.15) is 32.6 Å². The lowest BCUT2D eigenvalue weighted by atomic mass is 9.96. The maximum Gasteiger partial charge on any atom is 0.330 e. The highest BCUT2D eigenvalue weighted by molar-refractivity contribution is 7.86. The Morgan fingerprint density at radius 3 is 1.95 bits per heavy atom. The fourth-order valence-electron chi connectivity index (χ4n) is 7.20. The van der Waals surface area contributed by atoms with Gasteiger partial charge in [0.15, 0.2) is 12.3 Å². The molecule has 0 amide bonds. The predicted octanol–water partition coefficient (Wildman–Crippen LogP) is 3.44. The number of rotatable bonds is 14. The fraction of sp³-hybridized carbons (Fsp3) is 0.333. The van der Waals surface area contributed by atoms with Gasteiger partial charge in [0.1, 0.15) is 18.3 Å². The maximum atomic E-state index is 13.3. The van der Waals surface area contributed by atoms with Gasteiger partial charge in [-0.1, -0.05) is 118 Å². The summed E-state index contributed by atoms with van der Waals surface area (Å²) in [6.45, 7) is 4.93. The molecule has 0 bridgehead atoms. The van der Waals surface area contributed by atoms with Gasteiger partial charge in [-0.15, -0.1) is 0 Å². The van der Waals surface area contributed by atoms with Crippen LogP contribution in [0.15, 0.2) is 125 Å². The molecule has 0 aliphatic carbocycles. The SMILES string of the molecule is CC(C)(C)[Si](OC[C@@]1(COS(C)(=O)=O)O[C@@H](n2ccc(=O)[nH]c2=O)[C@H](OS(C)(=O)=O)[C@@H]1OCc1ccc2ccccc2c1)(c1ccccc1)c1ccccc1. The Hall–Kier alpha value is -4.26. The van der Waals surface area contributed by atoms with Crippen LogP contribution in [0.5, 0.6) is 0 Å². The number of hydrogen-bond donors (Lipinski definition) is 1. The Balaban J connectivity index is 1.55. The van der Waals surface area contributed by atoms with Crippen LogP contribution in [0, 0.1) is 0 Å². The smallest absolute Gasteiger partial charge is 0.330 e. The van der Waals surface area contributed by atoms with Crippen LogP contribution in [0.4, 0.5) is 0 Å². The summed E-state index contributed by atoms with van der Waals surface area (Å²) in [5.74, 6) is 0. The zero-order chi connectivity index (χ0) is 39.6. The molecule has 292 valence electrons. The van der Waals surface area contributed by atoms with Crippen molar-refractivity contribution in [2.45, 2.75) is 56.5 Å². The van der Waals surface area contributed by atoms with Gasteiger partial charge >= 0.3 is 5.69 Å². The number of aromatic nitrogens is 2. The first kappa shape index (κ1) is 40.4. The van der Waals surface area contributed by atoms with Crippen molar-refractivity contribution < 1.29 is 39.1 Å². The largest absolute Gasteiger partial charge is 0.404 e. The number of ether oxygens (including phenoxy) is 2. The lowest BCUT2D eigenvalue weighted by molar-refractivity contribution is -0.156. The molecule has 4 aromatic carbocycles. The molecule has 1 N–H and O–H groups in total. The summed E-state index contributed by atoms with van der Waals surface area (Å²) >= 11 is 0. The lowest BCUT2D eigenvalue weighted by Gasteiger charge is -2.45.